The summed E-state index contributed by atoms with van der Waals surface area (Å²) in [7, 11) is 0. The quantitative estimate of drug-likeness (QED) is 0.714. The van der Waals surface area contributed by atoms with E-state index in [4.69, 9.17) is 0 Å². The molecule has 1 rings (SSSR count). The van der Waals surface area contributed by atoms with Gasteiger partial charge in [0.25, 0.3) is 0 Å². The molecule has 1 aromatic heterocycles. The van der Waals surface area contributed by atoms with Gasteiger partial charge in [0.1, 0.15) is 5.03 Å². The second kappa shape index (κ2) is 4.04. The van der Waals surface area contributed by atoms with Gasteiger partial charge in [-0.15, -0.1) is 0 Å². The molecule has 13 heavy (non-hydrogen) atoms. The standard InChI is InChI=1S/C7H9F3N2S/c1-2-5-12-6(3-4-11-12)13-7(8,9)10/h3-4H,2,5H2,1H3. The number of hydrogen-bond donors (Lipinski definition) is 0. The van der Waals surface area contributed by atoms with Crippen LogP contribution in [0.3, 0.4) is 0 Å². The molecule has 0 radical (unpaired) electrons. The molecule has 0 spiro atoms. The van der Waals surface area contributed by atoms with Gasteiger partial charge in [0.05, 0.1) is 6.20 Å². The first-order chi connectivity index (χ1) is 6.03. The zero-order valence-corrected chi connectivity index (χ0v) is 7.82. The predicted molar refractivity (Wildman–Crippen MR) is 44.4 cm³/mol. The molecule has 0 saturated heterocycles. The SMILES string of the molecule is CCCn1nccc1SC(F)(F)F. The minimum Gasteiger partial charge on any atom is -0.259 e. The van der Waals surface area contributed by atoms with E-state index in [1.165, 1.54) is 16.9 Å². The molecule has 0 aromatic carbocycles. The van der Waals surface area contributed by atoms with Gasteiger partial charge in [-0.1, -0.05) is 6.92 Å². The van der Waals surface area contributed by atoms with Crippen LogP contribution in [0.25, 0.3) is 0 Å². The van der Waals surface area contributed by atoms with E-state index >= 15 is 0 Å². The topological polar surface area (TPSA) is 17.8 Å². The highest BCUT2D eigenvalue weighted by Crippen LogP contribution is 2.36. The van der Waals surface area contributed by atoms with E-state index in [1.807, 2.05) is 6.92 Å². The zero-order valence-electron chi connectivity index (χ0n) is 7.01. The third-order valence-electron chi connectivity index (χ3n) is 1.33. The van der Waals surface area contributed by atoms with Crippen LogP contribution in [0.1, 0.15) is 13.3 Å². The van der Waals surface area contributed by atoms with Crippen LogP contribution in [-0.4, -0.2) is 15.3 Å². The molecule has 2 nitrogen and oxygen atoms in total. The summed E-state index contributed by atoms with van der Waals surface area (Å²) in [6.07, 6.45) is 2.15. The van der Waals surface area contributed by atoms with Crippen LogP contribution in [0.15, 0.2) is 17.3 Å². The monoisotopic (exact) mass is 210 g/mol. The van der Waals surface area contributed by atoms with Gasteiger partial charge in [-0.2, -0.15) is 18.3 Å². The lowest BCUT2D eigenvalue weighted by molar-refractivity contribution is -0.0331. The van der Waals surface area contributed by atoms with Gasteiger partial charge in [0.15, 0.2) is 0 Å². The van der Waals surface area contributed by atoms with E-state index in [-0.39, 0.29) is 16.8 Å². The third kappa shape index (κ3) is 3.30. The van der Waals surface area contributed by atoms with Gasteiger partial charge in [0.2, 0.25) is 0 Å². The van der Waals surface area contributed by atoms with Crippen molar-refractivity contribution in [1.82, 2.24) is 9.78 Å². The van der Waals surface area contributed by atoms with E-state index < -0.39 is 5.51 Å². The number of nitrogens with zero attached hydrogens (tertiary/aromatic N) is 2. The van der Waals surface area contributed by atoms with Crippen molar-refractivity contribution in [2.24, 2.45) is 0 Å². The van der Waals surface area contributed by atoms with Crippen molar-refractivity contribution in [2.75, 3.05) is 0 Å². The number of halogens is 3. The molecule has 0 atom stereocenters. The molecule has 0 saturated carbocycles. The molecule has 0 aliphatic rings. The summed E-state index contributed by atoms with van der Waals surface area (Å²) in [6.45, 7) is 2.41. The number of thioether (sulfide) groups is 1. The third-order valence-corrected chi connectivity index (χ3v) is 2.12. The van der Waals surface area contributed by atoms with Gasteiger partial charge in [0, 0.05) is 18.3 Å². The van der Waals surface area contributed by atoms with Crippen molar-refractivity contribution >= 4 is 11.8 Å². The second-order valence-electron chi connectivity index (χ2n) is 2.44. The van der Waals surface area contributed by atoms with Gasteiger partial charge >= 0.3 is 5.51 Å². The van der Waals surface area contributed by atoms with Gasteiger partial charge in [-0.05, 0) is 12.5 Å². The maximum absolute atomic E-state index is 12.0. The fourth-order valence-corrected chi connectivity index (χ4v) is 1.52. The van der Waals surface area contributed by atoms with E-state index in [0.29, 0.717) is 6.54 Å². The highest BCUT2D eigenvalue weighted by molar-refractivity contribution is 8.00. The summed E-state index contributed by atoms with van der Waals surface area (Å²) in [6, 6.07) is 1.37. The summed E-state index contributed by atoms with van der Waals surface area (Å²) in [5.74, 6) is 0. The van der Waals surface area contributed by atoms with Crippen molar-refractivity contribution in [2.45, 2.75) is 30.4 Å². The molecule has 0 bridgehead atoms. The van der Waals surface area contributed by atoms with Crippen molar-refractivity contribution in [3.63, 3.8) is 0 Å². The van der Waals surface area contributed by atoms with Crippen LogP contribution in [0.4, 0.5) is 13.2 Å². The first-order valence-electron chi connectivity index (χ1n) is 3.80. The predicted octanol–water partition coefficient (Wildman–Crippen LogP) is 2.91. The molecule has 0 fully saturated rings. The Morgan fingerprint density at radius 1 is 1.54 bits per heavy atom. The van der Waals surface area contributed by atoms with Gasteiger partial charge < -0.3 is 0 Å². The second-order valence-corrected chi connectivity index (χ2v) is 3.53. The van der Waals surface area contributed by atoms with Crippen molar-refractivity contribution in [3.05, 3.63) is 12.3 Å². The smallest absolute Gasteiger partial charge is 0.259 e. The van der Waals surface area contributed by atoms with E-state index in [2.05, 4.69) is 5.10 Å². The fourth-order valence-electron chi connectivity index (χ4n) is 0.906. The number of aryl methyl sites for hydroxylation is 1. The molecule has 0 aliphatic carbocycles. The Hall–Kier alpha value is -0.650. The first-order valence-corrected chi connectivity index (χ1v) is 4.62. The Kier molecular flexibility index (Phi) is 3.24. The van der Waals surface area contributed by atoms with Crippen molar-refractivity contribution in [3.8, 4) is 0 Å². The van der Waals surface area contributed by atoms with Crippen LogP contribution >= 0.6 is 11.8 Å². The molecule has 0 amide bonds. The van der Waals surface area contributed by atoms with Crippen LogP contribution in [0.2, 0.25) is 0 Å². The van der Waals surface area contributed by atoms with Gasteiger partial charge in [-0.3, -0.25) is 4.68 Å². The number of aromatic nitrogens is 2. The van der Waals surface area contributed by atoms with Gasteiger partial charge in [-0.25, -0.2) is 0 Å². The summed E-state index contributed by atoms with van der Waals surface area (Å²) < 4.78 is 37.2. The number of rotatable bonds is 3. The first kappa shape index (κ1) is 10.4. The summed E-state index contributed by atoms with van der Waals surface area (Å²) in [4.78, 5) is 0. The maximum atomic E-state index is 12.0. The maximum Gasteiger partial charge on any atom is 0.447 e. The Labute approximate surface area is 78.1 Å². The number of alkyl halides is 3. The molecule has 1 aromatic rings. The number of hydrogen-bond acceptors (Lipinski definition) is 2. The molecule has 1 heterocycles. The Bertz CT molecular complexity index is 269. The lowest BCUT2D eigenvalue weighted by Gasteiger charge is -2.07. The van der Waals surface area contributed by atoms with E-state index in [0.717, 1.165) is 6.42 Å². The Morgan fingerprint density at radius 2 is 2.23 bits per heavy atom. The minimum absolute atomic E-state index is 0.126. The van der Waals surface area contributed by atoms with E-state index in [9.17, 15) is 13.2 Å². The molecule has 0 N–H and O–H groups in total. The average molecular weight is 210 g/mol. The molecule has 0 aliphatic heterocycles. The highest BCUT2D eigenvalue weighted by atomic mass is 32.2. The van der Waals surface area contributed by atoms with E-state index in [1.54, 1.807) is 0 Å². The Balaban J connectivity index is 2.70. The molecule has 6 heteroatoms. The van der Waals surface area contributed by atoms with Crippen LogP contribution in [0.5, 0.6) is 0 Å². The largest absolute Gasteiger partial charge is 0.447 e. The summed E-state index contributed by atoms with van der Waals surface area (Å²) in [5.41, 5.74) is -4.23. The fraction of sp³-hybridized carbons (Fsp3) is 0.571. The van der Waals surface area contributed by atoms with Crippen molar-refractivity contribution in [1.29, 1.82) is 0 Å². The molecular formula is C7H9F3N2S. The van der Waals surface area contributed by atoms with Crippen LogP contribution < -0.4 is 0 Å². The lowest BCUT2D eigenvalue weighted by atomic mass is 10.5. The molecule has 74 valence electrons. The summed E-state index contributed by atoms with van der Waals surface area (Å²) >= 11 is -0.126. The molecular weight excluding hydrogens is 201 g/mol. The average Bonchev–Trinajstić information content (AvgIpc) is 2.34. The van der Waals surface area contributed by atoms with Crippen LogP contribution in [-0.2, 0) is 6.54 Å². The Morgan fingerprint density at radius 3 is 2.77 bits per heavy atom. The highest BCUT2D eigenvalue weighted by Gasteiger charge is 2.30. The van der Waals surface area contributed by atoms with Crippen molar-refractivity contribution < 1.29 is 13.2 Å². The molecule has 0 unspecified atom stereocenters. The minimum atomic E-state index is -4.23. The van der Waals surface area contributed by atoms with Crippen LogP contribution in [0, 0.1) is 0 Å². The normalized spacial score (nSPS) is 12.0. The lowest BCUT2D eigenvalue weighted by Crippen LogP contribution is -2.05. The summed E-state index contributed by atoms with van der Waals surface area (Å²) in [5, 5.41) is 3.93. The zero-order chi connectivity index (χ0) is 9.90.